The fraction of sp³-hybridized carbons (Fsp3) is 0.625. The first-order valence-electron chi connectivity index (χ1n) is 3.90. The van der Waals surface area contributed by atoms with Crippen LogP contribution in [0.3, 0.4) is 0 Å². The molecule has 3 N–H and O–H groups in total. The first-order chi connectivity index (χ1) is 5.54. The van der Waals surface area contributed by atoms with Crippen LogP contribution in [0.2, 0.25) is 0 Å². The van der Waals surface area contributed by atoms with E-state index in [4.69, 9.17) is 10.3 Å². The van der Waals surface area contributed by atoms with Crippen molar-refractivity contribution in [1.82, 2.24) is 5.16 Å². The highest BCUT2D eigenvalue weighted by atomic mass is 16.5. The third-order valence-corrected chi connectivity index (χ3v) is 1.88. The molecule has 4 nitrogen and oxygen atoms in total. The molecule has 0 spiro atoms. The summed E-state index contributed by atoms with van der Waals surface area (Å²) in [6.07, 6.45) is -0.684. The van der Waals surface area contributed by atoms with Crippen LogP contribution in [0.4, 0.5) is 0 Å². The molecule has 0 fully saturated rings. The van der Waals surface area contributed by atoms with Gasteiger partial charge in [-0.3, -0.25) is 0 Å². The Morgan fingerprint density at radius 1 is 1.50 bits per heavy atom. The van der Waals surface area contributed by atoms with Crippen molar-refractivity contribution in [1.29, 1.82) is 0 Å². The molecule has 0 radical (unpaired) electrons. The minimum atomic E-state index is -0.684. The van der Waals surface area contributed by atoms with Gasteiger partial charge in [-0.2, -0.15) is 0 Å². The topological polar surface area (TPSA) is 72.3 Å². The summed E-state index contributed by atoms with van der Waals surface area (Å²) in [5.74, 6) is 0.636. The van der Waals surface area contributed by atoms with E-state index in [2.05, 4.69) is 5.16 Å². The van der Waals surface area contributed by atoms with Crippen LogP contribution < -0.4 is 5.73 Å². The Labute approximate surface area is 71.4 Å². The van der Waals surface area contributed by atoms with Crippen LogP contribution in [-0.4, -0.2) is 16.3 Å². The van der Waals surface area contributed by atoms with Gasteiger partial charge in [-0.05, 0) is 20.8 Å². The standard InChI is InChI=1S/C8H14N2O2/c1-4(9)8(11)7-5(2)10-12-6(7)3/h4,8,11H,9H2,1-3H3. The Bertz CT molecular complexity index is 249. The Hall–Kier alpha value is -0.870. The van der Waals surface area contributed by atoms with Crippen LogP contribution in [-0.2, 0) is 0 Å². The Morgan fingerprint density at radius 3 is 2.42 bits per heavy atom. The molecule has 1 heterocycles. The van der Waals surface area contributed by atoms with Gasteiger partial charge in [0.25, 0.3) is 0 Å². The molecule has 0 aromatic carbocycles. The molecule has 1 rings (SSSR count). The maximum absolute atomic E-state index is 9.62. The van der Waals surface area contributed by atoms with Crippen LogP contribution >= 0.6 is 0 Å². The summed E-state index contributed by atoms with van der Waals surface area (Å²) in [4.78, 5) is 0. The number of hydrogen-bond donors (Lipinski definition) is 2. The number of aliphatic hydroxyl groups excluding tert-OH is 1. The van der Waals surface area contributed by atoms with Gasteiger partial charge in [0.05, 0.1) is 11.8 Å². The zero-order chi connectivity index (χ0) is 9.30. The van der Waals surface area contributed by atoms with Crippen LogP contribution in [0, 0.1) is 13.8 Å². The van der Waals surface area contributed by atoms with E-state index < -0.39 is 6.10 Å². The molecule has 0 amide bonds. The second kappa shape index (κ2) is 3.25. The molecule has 68 valence electrons. The quantitative estimate of drug-likeness (QED) is 0.684. The van der Waals surface area contributed by atoms with Crippen molar-refractivity contribution in [3.05, 3.63) is 17.0 Å². The lowest BCUT2D eigenvalue weighted by atomic mass is 10.0. The third-order valence-electron chi connectivity index (χ3n) is 1.88. The minimum Gasteiger partial charge on any atom is -0.387 e. The molecule has 0 aliphatic heterocycles. The molecule has 2 unspecified atom stereocenters. The number of nitrogens with zero attached hydrogens (tertiary/aromatic N) is 1. The summed E-state index contributed by atoms with van der Waals surface area (Å²) in [6, 6.07) is -0.304. The minimum absolute atomic E-state index is 0.304. The van der Waals surface area contributed by atoms with Crippen LogP contribution in [0.25, 0.3) is 0 Å². The molecule has 0 saturated heterocycles. The number of aliphatic hydroxyl groups is 1. The van der Waals surface area contributed by atoms with E-state index in [-0.39, 0.29) is 6.04 Å². The summed E-state index contributed by atoms with van der Waals surface area (Å²) in [5.41, 5.74) is 6.96. The van der Waals surface area contributed by atoms with Gasteiger partial charge >= 0.3 is 0 Å². The third kappa shape index (κ3) is 1.49. The normalized spacial score (nSPS) is 16.1. The van der Waals surface area contributed by atoms with Gasteiger partial charge in [-0.25, -0.2) is 0 Å². The summed E-state index contributed by atoms with van der Waals surface area (Å²) >= 11 is 0. The predicted octanol–water partition coefficient (Wildman–Crippen LogP) is 0.672. The molecular weight excluding hydrogens is 156 g/mol. The number of nitrogens with two attached hydrogens (primary N) is 1. The maximum Gasteiger partial charge on any atom is 0.139 e. The molecule has 1 aromatic rings. The molecule has 0 aliphatic rings. The lowest BCUT2D eigenvalue weighted by molar-refractivity contribution is 0.151. The van der Waals surface area contributed by atoms with E-state index in [9.17, 15) is 5.11 Å². The van der Waals surface area contributed by atoms with Crippen LogP contribution in [0.1, 0.15) is 30.0 Å². The first kappa shape index (κ1) is 9.22. The van der Waals surface area contributed by atoms with Crippen molar-refractivity contribution in [2.75, 3.05) is 0 Å². The number of rotatable bonds is 2. The molecule has 12 heavy (non-hydrogen) atoms. The van der Waals surface area contributed by atoms with Crippen molar-refractivity contribution in [3.63, 3.8) is 0 Å². The lowest BCUT2D eigenvalue weighted by Crippen LogP contribution is -2.25. The fourth-order valence-corrected chi connectivity index (χ4v) is 1.18. The van der Waals surface area contributed by atoms with Crippen LogP contribution in [0.5, 0.6) is 0 Å². The average Bonchev–Trinajstić information content (AvgIpc) is 2.30. The van der Waals surface area contributed by atoms with Gasteiger partial charge in [0, 0.05) is 11.6 Å². The molecule has 4 heteroatoms. The van der Waals surface area contributed by atoms with Crippen molar-refractivity contribution in [3.8, 4) is 0 Å². The predicted molar refractivity (Wildman–Crippen MR) is 44.6 cm³/mol. The summed E-state index contributed by atoms with van der Waals surface area (Å²) < 4.78 is 4.90. The summed E-state index contributed by atoms with van der Waals surface area (Å²) in [7, 11) is 0. The van der Waals surface area contributed by atoms with Gasteiger partial charge in [0.2, 0.25) is 0 Å². The zero-order valence-electron chi connectivity index (χ0n) is 7.53. The van der Waals surface area contributed by atoms with E-state index in [1.165, 1.54) is 0 Å². The van der Waals surface area contributed by atoms with E-state index in [0.29, 0.717) is 17.0 Å². The first-order valence-corrected chi connectivity index (χ1v) is 3.90. The van der Waals surface area contributed by atoms with Gasteiger partial charge < -0.3 is 15.4 Å². The number of aryl methyl sites for hydroxylation is 2. The van der Waals surface area contributed by atoms with Crippen molar-refractivity contribution in [2.45, 2.75) is 32.9 Å². The Kier molecular flexibility index (Phi) is 2.49. The second-order valence-corrected chi connectivity index (χ2v) is 3.04. The van der Waals surface area contributed by atoms with E-state index >= 15 is 0 Å². The van der Waals surface area contributed by atoms with Crippen molar-refractivity contribution >= 4 is 0 Å². The smallest absolute Gasteiger partial charge is 0.139 e. The largest absolute Gasteiger partial charge is 0.387 e. The van der Waals surface area contributed by atoms with Gasteiger partial charge in [0.15, 0.2) is 0 Å². The maximum atomic E-state index is 9.62. The highest BCUT2D eigenvalue weighted by Gasteiger charge is 2.20. The fourth-order valence-electron chi connectivity index (χ4n) is 1.18. The van der Waals surface area contributed by atoms with Gasteiger partial charge in [-0.1, -0.05) is 5.16 Å². The number of aromatic nitrogens is 1. The molecule has 2 atom stereocenters. The Morgan fingerprint density at radius 2 is 2.08 bits per heavy atom. The molecule has 0 aliphatic carbocycles. The zero-order valence-corrected chi connectivity index (χ0v) is 7.53. The lowest BCUT2D eigenvalue weighted by Gasteiger charge is -2.13. The summed E-state index contributed by atoms with van der Waals surface area (Å²) in [5, 5.41) is 13.4. The highest BCUT2D eigenvalue weighted by Crippen LogP contribution is 2.22. The average molecular weight is 170 g/mol. The van der Waals surface area contributed by atoms with Gasteiger partial charge in [0.1, 0.15) is 5.76 Å². The molecule has 0 saturated carbocycles. The highest BCUT2D eigenvalue weighted by molar-refractivity contribution is 5.24. The van der Waals surface area contributed by atoms with Gasteiger partial charge in [-0.15, -0.1) is 0 Å². The van der Waals surface area contributed by atoms with E-state index in [1.807, 2.05) is 0 Å². The van der Waals surface area contributed by atoms with Crippen molar-refractivity contribution in [2.24, 2.45) is 5.73 Å². The second-order valence-electron chi connectivity index (χ2n) is 3.04. The summed E-state index contributed by atoms with van der Waals surface area (Å²) in [6.45, 7) is 5.30. The van der Waals surface area contributed by atoms with Crippen molar-refractivity contribution < 1.29 is 9.63 Å². The molecular formula is C8H14N2O2. The van der Waals surface area contributed by atoms with E-state index in [1.54, 1.807) is 20.8 Å². The SMILES string of the molecule is Cc1noc(C)c1C(O)C(C)N. The number of hydrogen-bond acceptors (Lipinski definition) is 4. The van der Waals surface area contributed by atoms with Crippen LogP contribution in [0.15, 0.2) is 4.52 Å². The Balaban J connectivity index is 3.00. The van der Waals surface area contributed by atoms with E-state index in [0.717, 1.165) is 0 Å². The monoisotopic (exact) mass is 170 g/mol. The molecule has 1 aromatic heterocycles. The molecule has 0 bridgehead atoms.